The summed E-state index contributed by atoms with van der Waals surface area (Å²) in [5.41, 5.74) is 3.87. The molecule has 4 rings (SSSR count). The van der Waals surface area contributed by atoms with Gasteiger partial charge in [-0.2, -0.15) is 5.10 Å². The number of urea groups is 1. The van der Waals surface area contributed by atoms with Gasteiger partial charge in [0.15, 0.2) is 0 Å². The normalized spacial score (nSPS) is 14.8. The number of H-pyrrole nitrogens is 1. The lowest BCUT2D eigenvalue weighted by Gasteiger charge is -2.15. The number of hydrogen-bond acceptors (Lipinski definition) is 3. The van der Waals surface area contributed by atoms with Gasteiger partial charge in [-0.25, -0.2) is 14.5 Å². The third-order valence-electron chi connectivity index (χ3n) is 4.89. The van der Waals surface area contributed by atoms with Gasteiger partial charge in [0.2, 0.25) is 0 Å². The lowest BCUT2D eigenvalue weighted by atomic mass is 10.2. The zero-order valence-electron chi connectivity index (χ0n) is 15.2. The Hall–Kier alpha value is -2.83. The molecular weight excluding hydrogens is 328 g/mol. The van der Waals surface area contributed by atoms with Crippen LogP contribution in [-0.2, 0) is 6.54 Å². The average molecular weight is 352 g/mol. The molecule has 1 fully saturated rings. The molecular formula is C19H24N6O. The first-order chi connectivity index (χ1) is 12.6. The number of imidazole rings is 1. The third-order valence-corrected chi connectivity index (χ3v) is 4.89. The molecule has 2 amide bonds. The molecule has 0 aliphatic heterocycles. The van der Waals surface area contributed by atoms with E-state index in [0.717, 1.165) is 46.8 Å². The van der Waals surface area contributed by atoms with Crippen LogP contribution in [0.25, 0.3) is 11.0 Å². The molecule has 7 nitrogen and oxygen atoms in total. The van der Waals surface area contributed by atoms with Crippen molar-refractivity contribution >= 4 is 22.9 Å². The predicted octanol–water partition coefficient (Wildman–Crippen LogP) is 3.81. The van der Waals surface area contributed by atoms with Crippen molar-refractivity contribution in [3.63, 3.8) is 0 Å². The molecule has 1 aliphatic carbocycles. The van der Waals surface area contributed by atoms with Crippen molar-refractivity contribution in [2.24, 2.45) is 0 Å². The number of carbonyl (C=O) groups excluding carboxylic acids is 1. The maximum absolute atomic E-state index is 12.3. The lowest BCUT2D eigenvalue weighted by Crippen LogP contribution is -2.29. The summed E-state index contributed by atoms with van der Waals surface area (Å²) in [4.78, 5) is 20.0. The van der Waals surface area contributed by atoms with Gasteiger partial charge in [0.1, 0.15) is 11.6 Å². The van der Waals surface area contributed by atoms with Crippen molar-refractivity contribution in [1.29, 1.82) is 0 Å². The number of aryl methyl sites for hydroxylation is 2. The number of anilines is 1. The molecule has 1 aromatic carbocycles. The highest BCUT2D eigenvalue weighted by Crippen LogP contribution is 2.31. The highest BCUT2D eigenvalue weighted by atomic mass is 16.2. The van der Waals surface area contributed by atoms with E-state index in [1.54, 1.807) is 0 Å². The molecule has 1 aliphatic rings. The van der Waals surface area contributed by atoms with Crippen LogP contribution in [0, 0.1) is 13.8 Å². The molecule has 0 atom stereocenters. The van der Waals surface area contributed by atoms with Crippen LogP contribution in [-0.4, -0.2) is 25.8 Å². The maximum atomic E-state index is 12.3. The molecule has 0 unspecified atom stereocenters. The van der Waals surface area contributed by atoms with Gasteiger partial charge in [-0.15, -0.1) is 0 Å². The second kappa shape index (κ2) is 6.82. The molecule has 2 heterocycles. The van der Waals surface area contributed by atoms with Gasteiger partial charge in [-0.05, 0) is 44.4 Å². The summed E-state index contributed by atoms with van der Waals surface area (Å²) < 4.78 is 1.97. The summed E-state index contributed by atoms with van der Waals surface area (Å²) in [5.74, 6) is 1.66. The Morgan fingerprint density at radius 1 is 1.27 bits per heavy atom. The highest BCUT2D eigenvalue weighted by molar-refractivity contribution is 5.88. The van der Waals surface area contributed by atoms with E-state index in [0.29, 0.717) is 12.6 Å². The Labute approximate surface area is 152 Å². The summed E-state index contributed by atoms with van der Waals surface area (Å²) in [6, 6.07) is 8.07. The summed E-state index contributed by atoms with van der Waals surface area (Å²) in [7, 11) is 0. The average Bonchev–Trinajstić information content (AvgIpc) is 3.31. The molecule has 0 spiro atoms. The molecule has 3 N–H and O–H groups in total. The summed E-state index contributed by atoms with van der Waals surface area (Å²) in [6.07, 6.45) is 4.71. The van der Waals surface area contributed by atoms with Crippen LogP contribution in [0.5, 0.6) is 0 Å². The number of rotatable bonds is 4. The first-order valence-corrected chi connectivity index (χ1v) is 9.15. The number of aromatic amines is 1. The summed E-state index contributed by atoms with van der Waals surface area (Å²) >= 11 is 0. The van der Waals surface area contributed by atoms with E-state index in [4.69, 9.17) is 0 Å². The lowest BCUT2D eigenvalue weighted by molar-refractivity contribution is 0.251. The minimum Gasteiger partial charge on any atom is -0.342 e. The standard InChI is InChI=1S/C19H24N6O/c1-12-9-18(25(24-12)15-5-3-4-6-15)23-19(26)20-11-14-7-8-16-17(10-14)22-13(2)21-16/h7-10,15H,3-6,11H2,1-2H3,(H,21,22)(H2,20,23,26). The summed E-state index contributed by atoms with van der Waals surface area (Å²) in [6.45, 7) is 4.34. The molecule has 136 valence electrons. The molecule has 0 saturated heterocycles. The minimum absolute atomic E-state index is 0.218. The fourth-order valence-electron chi connectivity index (χ4n) is 3.67. The van der Waals surface area contributed by atoms with E-state index in [1.165, 1.54) is 12.8 Å². The van der Waals surface area contributed by atoms with E-state index in [-0.39, 0.29) is 6.03 Å². The Morgan fingerprint density at radius 2 is 2.08 bits per heavy atom. The van der Waals surface area contributed by atoms with Crippen LogP contribution < -0.4 is 10.6 Å². The number of amides is 2. The van der Waals surface area contributed by atoms with Crippen molar-refractivity contribution < 1.29 is 4.79 Å². The number of hydrogen-bond donors (Lipinski definition) is 3. The Morgan fingerprint density at radius 3 is 2.88 bits per heavy atom. The molecule has 26 heavy (non-hydrogen) atoms. The molecule has 3 aromatic rings. The Bertz CT molecular complexity index is 935. The SMILES string of the molecule is Cc1cc(NC(=O)NCc2ccc3nc(C)[nH]c3c2)n(C2CCCC2)n1. The van der Waals surface area contributed by atoms with Crippen molar-refractivity contribution in [1.82, 2.24) is 25.1 Å². The van der Waals surface area contributed by atoms with Crippen molar-refractivity contribution in [2.45, 2.75) is 52.1 Å². The largest absolute Gasteiger partial charge is 0.342 e. The third kappa shape index (κ3) is 3.42. The van der Waals surface area contributed by atoms with Crippen LogP contribution in [0.15, 0.2) is 24.3 Å². The van der Waals surface area contributed by atoms with Crippen molar-refractivity contribution in [3.8, 4) is 0 Å². The second-order valence-corrected chi connectivity index (χ2v) is 7.04. The van der Waals surface area contributed by atoms with E-state index in [2.05, 4.69) is 25.7 Å². The smallest absolute Gasteiger partial charge is 0.320 e. The highest BCUT2D eigenvalue weighted by Gasteiger charge is 2.21. The fraction of sp³-hybridized carbons (Fsp3) is 0.421. The number of carbonyl (C=O) groups is 1. The zero-order chi connectivity index (χ0) is 18.1. The van der Waals surface area contributed by atoms with E-state index in [9.17, 15) is 4.79 Å². The topological polar surface area (TPSA) is 87.6 Å². The number of nitrogens with zero attached hydrogens (tertiary/aromatic N) is 3. The van der Waals surface area contributed by atoms with E-state index >= 15 is 0 Å². The molecule has 2 aromatic heterocycles. The summed E-state index contributed by atoms with van der Waals surface area (Å²) in [5, 5.41) is 10.4. The zero-order valence-corrected chi connectivity index (χ0v) is 15.2. The van der Waals surface area contributed by atoms with Crippen molar-refractivity contribution in [3.05, 3.63) is 41.3 Å². The van der Waals surface area contributed by atoms with Gasteiger partial charge in [0.05, 0.1) is 22.8 Å². The maximum Gasteiger partial charge on any atom is 0.320 e. The Kier molecular flexibility index (Phi) is 4.36. The van der Waals surface area contributed by atoms with Crippen LogP contribution in [0.4, 0.5) is 10.6 Å². The first-order valence-electron chi connectivity index (χ1n) is 9.15. The van der Waals surface area contributed by atoms with Crippen molar-refractivity contribution in [2.75, 3.05) is 5.32 Å². The monoisotopic (exact) mass is 352 g/mol. The van der Waals surface area contributed by atoms with Gasteiger partial charge in [0, 0.05) is 12.6 Å². The van der Waals surface area contributed by atoms with Gasteiger partial charge < -0.3 is 10.3 Å². The van der Waals surface area contributed by atoms with Crippen LogP contribution in [0.2, 0.25) is 0 Å². The fourth-order valence-corrected chi connectivity index (χ4v) is 3.67. The van der Waals surface area contributed by atoms with Gasteiger partial charge in [0.25, 0.3) is 0 Å². The van der Waals surface area contributed by atoms with Gasteiger partial charge >= 0.3 is 6.03 Å². The quantitative estimate of drug-likeness (QED) is 0.667. The molecule has 7 heteroatoms. The van der Waals surface area contributed by atoms with Crippen LogP contribution >= 0.6 is 0 Å². The first kappa shape index (κ1) is 16.6. The molecule has 1 saturated carbocycles. The van der Waals surface area contributed by atoms with E-state index in [1.807, 2.05) is 42.8 Å². The minimum atomic E-state index is -0.218. The number of aromatic nitrogens is 4. The molecule has 0 bridgehead atoms. The van der Waals surface area contributed by atoms with Crippen LogP contribution in [0.3, 0.4) is 0 Å². The predicted molar refractivity (Wildman–Crippen MR) is 101 cm³/mol. The second-order valence-electron chi connectivity index (χ2n) is 7.04. The molecule has 0 radical (unpaired) electrons. The number of nitrogens with one attached hydrogen (secondary N) is 3. The van der Waals surface area contributed by atoms with Gasteiger partial charge in [-0.1, -0.05) is 18.9 Å². The van der Waals surface area contributed by atoms with Gasteiger partial charge in [-0.3, -0.25) is 5.32 Å². The van der Waals surface area contributed by atoms with Crippen LogP contribution in [0.1, 0.15) is 48.8 Å². The Balaban J connectivity index is 1.40. The van der Waals surface area contributed by atoms with E-state index < -0.39 is 0 Å². The number of fused-ring (bicyclic) bond motifs is 1. The number of benzene rings is 1.